The Bertz CT molecular complexity index is 1540. The molecule has 0 amide bonds. The quantitative estimate of drug-likeness (QED) is 0.0843. The third kappa shape index (κ3) is 10.3. The second-order valence-corrected chi connectivity index (χ2v) is 12.5. The van der Waals surface area contributed by atoms with Crippen LogP contribution in [0.1, 0.15) is 55.4 Å². The van der Waals surface area contributed by atoms with Gasteiger partial charge in [-0.05, 0) is 97.7 Å². The molecule has 2 heterocycles. The van der Waals surface area contributed by atoms with E-state index in [1.54, 1.807) is 42.6 Å². The average Bonchev–Trinajstić information content (AvgIpc) is 3.08. The van der Waals surface area contributed by atoms with Crippen LogP contribution in [0.3, 0.4) is 0 Å². The van der Waals surface area contributed by atoms with E-state index in [0.717, 1.165) is 11.1 Å². The number of anilines is 1. The van der Waals surface area contributed by atoms with Gasteiger partial charge >= 0.3 is 5.97 Å². The van der Waals surface area contributed by atoms with E-state index < -0.39 is 42.8 Å². The van der Waals surface area contributed by atoms with Gasteiger partial charge in [0.1, 0.15) is 12.4 Å². The number of hydrogen-bond donors (Lipinski definition) is 8. The van der Waals surface area contributed by atoms with E-state index in [-0.39, 0.29) is 60.9 Å². The van der Waals surface area contributed by atoms with Crippen LogP contribution in [-0.4, -0.2) is 93.5 Å². The van der Waals surface area contributed by atoms with Gasteiger partial charge in [0.2, 0.25) is 5.75 Å². The Hall–Kier alpha value is -4.34. The first kappa shape index (κ1) is 38.5. The highest BCUT2D eigenvalue weighted by Gasteiger charge is 2.39. The lowest BCUT2D eigenvalue weighted by atomic mass is 9.82. The molecule has 274 valence electrons. The Morgan fingerprint density at radius 3 is 2.52 bits per heavy atom. The third-order valence-electron chi connectivity index (χ3n) is 9.03. The van der Waals surface area contributed by atoms with Crippen LogP contribution in [0, 0.1) is 11.8 Å². The molecule has 2 aromatic carbocycles. The molecule has 3 aromatic rings. The SMILES string of the molecule is CCN[C@H](COc1cc([C@H]2O[C@@H](CCc3ccc(O)c(OCO)c3)C[C@H](O)[C@@H]2CCO)cc(OC)c1O)[C@H](CC(=O)O)Cc1ccnc(N)c1. The van der Waals surface area contributed by atoms with E-state index in [1.165, 1.54) is 13.2 Å². The lowest BCUT2D eigenvalue weighted by Crippen LogP contribution is -2.43. The summed E-state index contributed by atoms with van der Waals surface area (Å²) in [6.45, 7) is 1.70. The number of phenolic OH excluding ortho intramolecular Hbond substituents is 2. The van der Waals surface area contributed by atoms with E-state index in [2.05, 4.69) is 10.3 Å². The van der Waals surface area contributed by atoms with Crippen molar-refractivity contribution in [3.8, 4) is 28.7 Å². The molecule has 50 heavy (non-hydrogen) atoms. The topological polar surface area (TPSA) is 226 Å². The number of carboxylic acid groups (broad SMARTS) is 1. The van der Waals surface area contributed by atoms with Crippen molar-refractivity contribution in [2.75, 3.05) is 39.4 Å². The van der Waals surface area contributed by atoms with Gasteiger partial charge in [0.15, 0.2) is 29.8 Å². The molecule has 0 aliphatic carbocycles. The number of ether oxygens (including phenoxy) is 4. The zero-order chi connectivity index (χ0) is 36.2. The van der Waals surface area contributed by atoms with Gasteiger partial charge in [0.25, 0.3) is 0 Å². The largest absolute Gasteiger partial charge is 0.504 e. The van der Waals surface area contributed by atoms with Gasteiger partial charge in [-0.3, -0.25) is 4.79 Å². The minimum atomic E-state index is -0.965. The summed E-state index contributed by atoms with van der Waals surface area (Å²) in [5.74, 6) is -1.47. The van der Waals surface area contributed by atoms with Crippen LogP contribution in [0.25, 0.3) is 0 Å². The Morgan fingerprint density at radius 2 is 1.84 bits per heavy atom. The Labute approximate surface area is 291 Å². The fourth-order valence-corrected chi connectivity index (χ4v) is 6.58. The first-order valence-corrected chi connectivity index (χ1v) is 16.8. The molecule has 14 nitrogen and oxygen atoms in total. The van der Waals surface area contributed by atoms with Gasteiger partial charge in [0, 0.05) is 24.8 Å². The number of carboxylic acids is 1. The first-order valence-electron chi connectivity index (χ1n) is 16.8. The van der Waals surface area contributed by atoms with Crippen molar-refractivity contribution in [3.63, 3.8) is 0 Å². The molecule has 0 bridgehead atoms. The number of aromatic hydroxyl groups is 2. The van der Waals surface area contributed by atoms with Gasteiger partial charge in [-0.25, -0.2) is 4.98 Å². The fourth-order valence-electron chi connectivity index (χ4n) is 6.58. The summed E-state index contributed by atoms with van der Waals surface area (Å²) in [5.41, 5.74) is 8.10. The number of likely N-dealkylation sites (N-methyl/N-ethyl adjacent to an activating group) is 1. The van der Waals surface area contributed by atoms with Crippen LogP contribution in [0.4, 0.5) is 5.82 Å². The number of aliphatic hydroxyl groups is 3. The maximum absolute atomic E-state index is 11.9. The molecule has 9 N–H and O–H groups in total. The van der Waals surface area contributed by atoms with Crippen LogP contribution >= 0.6 is 0 Å². The van der Waals surface area contributed by atoms with Crippen LogP contribution in [0.5, 0.6) is 28.7 Å². The zero-order valence-electron chi connectivity index (χ0n) is 28.4. The maximum atomic E-state index is 11.9. The highest BCUT2D eigenvalue weighted by Crippen LogP contribution is 2.45. The lowest BCUT2D eigenvalue weighted by Gasteiger charge is -2.40. The number of aromatic nitrogens is 1. The highest BCUT2D eigenvalue weighted by atomic mass is 16.6. The Kier molecular flexibility index (Phi) is 14.3. The lowest BCUT2D eigenvalue weighted by molar-refractivity contribution is -0.144. The minimum Gasteiger partial charge on any atom is -0.504 e. The second-order valence-electron chi connectivity index (χ2n) is 12.5. The van der Waals surface area contributed by atoms with Crippen LogP contribution in [0.15, 0.2) is 48.7 Å². The number of aliphatic hydroxyl groups excluding tert-OH is 3. The zero-order valence-corrected chi connectivity index (χ0v) is 28.4. The molecular formula is C36H49N3O11. The smallest absolute Gasteiger partial charge is 0.303 e. The number of aliphatic carboxylic acids is 1. The summed E-state index contributed by atoms with van der Waals surface area (Å²) in [5, 5.41) is 64.4. The van der Waals surface area contributed by atoms with Crippen LogP contribution in [0.2, 0.25) is 0 Å². The van der Waals surface area contributed by atoms with E-state index in [0.29, 0.717) is 43.6 Å². The normalized spacial score (nSPS) is 20.2. The maximum Gasteiger partial charge on any atom is 0.303 e. The number of nitrogen functional groups attached to an aromatic ring is 1. The van der Waals surface area contributed by atoms with Crippen molar-refractivity contribution in [1.29, 1.82) is 0 Å². The first-order chi connectivity index (χ1) is 24.1. The number of methoxy groups -OCH3 is 1. The molecule has 0 radical (unpaired) electrons. The van der Waals surface area contributed by atoms with Crippen molar-refractivity contribution in [2.45, 2.75) is 69.8 Å². The standard InChI is InChI=1S/C36H49N3O11/c1-3-38-27(23(17-34(44)45)12-22-8-10-39-33(37)14-22)19-48-32-16-24(15-31(47-2)35(32)46)36-26(9-11-40)29(43)18-25(50-36)6-4-21-5-7-28(42)30(13-21)49-20-41/h5,7-8,10,13-16,23,25-27,29,36,38,40-43,46H,3-4,6,9,11-12,17-20H2,1-2H3,(H2,37,39)(H,44,45)/t23-,25-,26-,27+,29-,36+/m0/s1. The van der Waals surface area contributed by atoms with Crippen molar-refractivity contribution in [1.82, 2.24) is 10.3 Å². The summed E-state index contributed by atoms with van der Waals surface area (Å²) in [4.78, 5) is 15.9. The molecule has 1 fully saturated rings. The van der Waals surface area contributed by atoms with Gasteiger partial charge in [-0.1, -0.05) is 13.0 Å². The Balaban J connectivity index is 1.57. The number of phenols is 2. The summed E-state index contributed by atoms with van der Waals surface area (Å²) in [6, 6.07) is 11.2. The number of nitrogens with zero attached hydrogens (tertiary/aromatic N) is 1. The number of hydrogen-bond acceptors (Lipinski definition) is 13. The second kappa shape index (κ2) is 18.6. The number of rotatable bonds is 19. The summed E-state index contributed by atoms with van der Waals surface area (Å²) < 4.78 is 23.4. The molecule has 1 aliphatic heterocycles. The Morgan fingerprint density at radius 1 is 1.06 bits per heavy atom. The van der Waals surface area contributed by atoms with Gasteiger partial charge in [-0.15, -0.1) is 0 Å². The monoisotopic (exact) mass is 699 g/mol. The van der Waals surface area contributed by atoms with Crippen molar-refractivity contribution < 1.29 is 54.4 Å². The highest BCUT2D eigenvalue weighted by molar-refractivity contribution is 5.67. The fraction of sp³-hybridized carbons (Fsp3) is 0.500. The van der Waals surface area contributed by atoms with E-state index in [4.69, 9.17) is 29.8 Å². The van der Waals surface area contributed by atoms with Crippen molar-refractivity contribution >= 4 is 11.8 Å². The van der Waals surface area contributed by atoms with Gasteiger partial charge in [0.05, 0.1) is 31.8 Å². The molecule has 0 unspecified atom stereocenters. The predicted octanol–water partition coefficient (Wildman–Crippen LogP) is 2.93. The molecule has 0 spiro atoms. The molecule has 0 saturated carbocycles. The van der Waals surface area contributed by atoms with Crippen molar-refractivity contribution in [2.24, 2.45) is 11.8 Å². The van der Waals surface area contributed by atoms with Crippen LogP contribution in [-0.2, 0) is 22.4 Å². The molecule has 6 atom stereocenters. The summed E-state index contributed by atoms with van der Waals surface area (Å²) in [6.07, 6.45) is 1.58. The van der Waals surface area contributed by atoms with Gasteiger partial charge < -0.3 is 60.6 Å². The van der Waals surface area contributed by atoms with Gasteiger partial charge in [-0.2, -0.15) is 0 Å². The third-order valence-corrected chi connectivity index (χ3v) is 9.03. The molecule has 14 heteroatoms. The number of pyridine rings is 1. The van der Waals surface area contributed by atoms with E-state index >= 15 is 0 Å². The number of nitrogens with two attached hydrogens (primary N) is 1. The molecule has 1 aromatic heterocycles. The molecule has 1 saturated heterocycles. The molecule has 1 aliphatic rings. The predicted molar refractivity (Wildman–Crippen MR) is 183 cm³/mol. The number of aryl methyl sites for hydroxylation is 1. The minimum absolute atomic E-state index is 0.0119. The number of nitrogens with one attached hydrogen (secondary N) is 1. The van der Waals surface area contributed by atoms with E-state index in [1.807, 2.05) is 6.92 Å². The molecular weight excluding hydrogens is 650 g/mol. The molecule has 4 rings (SSSR count). The number of benzene rings is 2. The van der Waals surface area contributed by atoms with Crippen LogP contribution < -0.4 is 25.3 Å². The average molecular weight is 700 g/mol. The van der Waals surface area contributed by atoms with E-state index in [9.17, 15) is 30.3 Å². The summed E-state index contributed by atoms with van der Waals surface area (Å²) >= 11 is 0. The summed E-state index contributed by atoms with van der Waals surface area (Å²) in [7, 11) is 1.41. The number of carbonyl (C=O) groups is 1. The van der Waals surface area contributed by atoms with Crippen molar-refractivity contribution in [3.05, 3.63) is 65.4 Å².